The highest BCUT2D eigenvalue weighted by Gasteiger charge is 2.08. The smallest absolute Gasteiger partial charge is 0.316 e. The third kappa shape index (κ3) is 3.27. The summed E-state index contributed by atoms with van der Waals surface area (Å²) in [4.78, 5) is 22.6. The summed E-state index contributed by atoms with van der Waals surface area (Å²) in [7, 11) is 5.21. The Hall–Kier alpha value is -2.09. The second kappa shape index (κ2) is 6.38. The summed E-state index contributed by atoms with van der Waals surface area (Å²) >= 11 is 1.57. The SMILES string of the molecule is CNc1nc(NCCNC(=O)N(C)C)c2ccsc2n1. The Bertz CT molecular complexity index is 597. The van der Waals surface area contributed by atoms with E-state index in [2.05, 4.69) is 25.9 Å². The maximum Gasteiger partial charge on any atom is 0.316 e. The van der Waals surface area contributed by atoms with Gasteiger partial charge in [0.2, 0.25) is 5.95 Å². The van der Waals surface area contributed by atoms with Crippen LogP contribution in [0.1, 0.15) is 0 Å². The molecule has 2 rings (SSSR count). The van der Waals surface area contributed by atoms with E-state index >= 15 is 0 Å². The van der Waals surface area contributed by atoms with Gasteiger partial charge in [-0.3, -0.25) is 0 Å². The molecule has 0 saturated carbocycles. The van der Waals surface area contributed by atoms with E-state index in [0.717, 1.165) is 16.0 Å². The molecule has 0 unspecified atom stereocenters. The molecule has 0 aliphatic carbocycles. The van der Waals surface area contributed by atoms with Gasteiger partial charge in [0, 0.05) is 34.2 Å². The molecule has 108 valence electrons. The zero-order chi connectivity index (χ0) is 14.5. The first-order valence-electron chi connectivity index (χ1n) is 6.24. The molecule has 20 heavy (non-hydrogen) atoms. The van der Waals surface area contributed by atoms with E-state index in [1.54, 1.807) is 32.5 Å². The number of hydrogen-bond acceptors (Lipinski definition) is 6. The Morgan fingerprint density at radius 1 is 1.35 bits per heavy atom. The van der Waals surface area contributed by atoms with Crippen molar-refractivity contribution in [3.05, 3.63) is 11.4 Å². The van der Waals surface area contributed by atoms with Crippen molar-refractivity contribution in [1.82, 2.24) is 20.2 Å². The van der Waals surface area contributed by atoms with Gasteiger partial charge in [-0.05, 0) is 11.4 Å². The number of urea groups is 1. The number of hydrogen-bond donors (Lipinski definition) is 3. The molecule has 0 aliphatic rings. The summed E-state index contributed by atoms with van der Waals surface area (Å²) < 4.78 is 0. The third-order valence-corrected chi connectivity index (χ3v) is 3.46. The zero-order valence-electron chi connectivity index (χ0n) is 11.7. The minimum Gasteiger partial charge on any atom is -0.368 e. The van der Waals surface area contributed by atoms with Gasteiger partial charge in [0.15, 0.2) is 0 Å². The molecule has 2 aromatic rings. The Balaban J connectivity index is 1.99. The van der Waals surface area contributed by atoms with E-state index in [0.29, 0.717) is 19.0 Å². The maximum atomic E-state index is 11.4. The average molecular weight is 294 g/mol. The second-order valence-corrected chi connectivity index (χ2v) is 5.23. The predicted octanol–water partition coefficient (Wildman–Crippen LogP) is 1.42. The molecular formula is C12H18N6OS. The molecular weight excluding hydrogens is 276 g/mol. The van der Waals surface area contributed by atoms with Crippen molar-refractivity contribution in [3.63, 3.8) is 0 Å². The molecule has 8 heteroatoms. The van der Waals surface area contributed by atoms with E-state index in [-0.39, 0.29) is 6.03 Å². The fourth-order valence-electron chi connectivity index (χ4n) is 1.61. The van der Waals surface area contributed by atoms with Crippen LogP contribution in [0.25, 0.3) is 10.2 Å². The second-order valence-electron chi connectivity index (χ2n) is 4.34. The number of thiophene rings is 1. The lowest BCUT2D eigenvalue weighted by atomic mass is 10.4. The van der Waals surface area contributed by atoms with Crippen molar-refractivity contribution >= 4 is 39.4 Å². The molecule has 0 bridgehead atoms. The van der Waals surface area contributed by atoms with Gasteiger partial charge in [-0.1, -0.05) is 0 Å². The molecule has 2 heterocycles. The maximum absolute atomic E-state index is 11.4. The van der Waals surface area contributed by atoms with Crippen LogP contribution in [0.2, 0.25) is 0 Å². The van der Waals surface area contributed by atoms with Crippen LogP contribution in [0.15, 0.2) is 11.4 Å². The lowest BCUT2D eigenvalue weighted by Gasteiger charge is -2.13. The van der Waals surface area contributed by atoms with Crippen molar-refractivity contribution in [2.45, 2.75) is 0 Å². The Morgan fingerprint density at radius 3 is 2.85 bits per heavy atom. The van der Waals surface area contributed by atoms with Gasteiger partial charge in [0.25, 0.3) is 0 Å². The van der Waals surface area contributed by atoms with Crippen LogP contribution in [-0.4, -0.2) is 55.1 Å². The lowest BCUT2D eigenvalue weighted by molar-refractivity contribution is 0.218. The van der Waals surface area contributed by atoms with Crippen LogP contribution in [0.4, 0.5) is 16.6 Å². The van der Waals surface area contributed by atoms with E-state index in [1.165, 1.54) is 4.90 Å². The van der Waals surface area contributed by atoms with Gasteiger partial charge in [-0.25, -0.2) is 9.78 Å². The van der Waals surface area contributed by atoms with Crippen LogP contribution in [0.3, 0.4) is 0 Å². The Labute approximate surface area is 121 Å². The predicted molar refractivity (Wildman–Crippen MR) is 82.5 cm³/mol. The van der Waals surface area contributed by atoms with Crippen LogP contribution in [-0.2, 0) is 0 Å². The minimum absolute atomic E-state index is 0.105. The largest absolute Gasteiger partial charge is 0.368 e. The molecule has 0 aromatic carbocycles. The summed E-state index contributed by atoms with van der Waals surface area (Å²) in [5.74, 6) is 1.36. The van der Waals surface area contributed by atoms with Gasteiger partial charge in [0.1, 0.15) is 10.6 Å². The molecule has 2 aromatic heterocycles. The quantitative estimate of drug-likeness (QED) is 0.727. The Morgan fingerprint density at radius 2 is 2.15 bits per heavy atom. The molecule has 0 aliphatic heterocycles. The molecule has 0 fully saturated rings. The molecule has 0 saturated heterocycles. The molecule has 0 spiro atoms. The molecule has 2 amide bonds. The number of carbonyl (C=O) groups is 1. The number of rotatable bonds is 5. The van der Waals surface area contributed by atoms with Gasteiger partial charge in [-0.2, -0.15) is 4.98 Å². The van der Waals surface area contributed by atoms with E-state index < -0.39 is 0 Å². The lowest BCUT2D eigenvalue weighted by Crippen LogP contribution is -2.37. The Kier molecular flexibility index (Phi) is 4.57. The normalized spacial score (nSPS) is 10.3. The van der Waals surface area contributed by atoms with Gasteiger partial charge in [-0.15, -0.1) is 11.3 Å². The van der Waals surface area contributed by atoms with Gasteiger partial charge >= 0.3 is 6.03 Å². The summed E-state index contributed by atoms with van der Waals surface area (Å²) in [5.41, 5.74) is 0. The van der Waals surface area contributed by atoms with Crippen LogP contribution >= 0.6 is 11.3 Å². The first kappa shape index (κ1) is 14.3. The van der Waals surface area contributed by atoms with Crippen LogP contribution in [0, 0.1) is 0 Å². The highest BCUT2D eigenvalue weighted by molar-refractivity contribution is 7.16. The van der Waals surface area contributed by atoms with Gasteiger partial charge < -0.3 is 20.9 Å². The summed E-state index contributed by atoms with van der Waals surface area (Å²) in [6.07, 6.45) is 0. The first-order chi connectivity index (χ1) is 9.61. The standard InChI is InChI=1S/C12H18N6OS/c1-13-11-16-9(8-4-7-20-10(8)17-11)14-5-6-15-12(19)18(2)3/h4,7H,5-6H2,1-3H3,(H,15,19)(H2,13,14,16,17). The van der Waals surface area contributed by atoms with Crippen molar-refractivity contribution < 1.29 is 4.79 Å². The number of amides is 2. The monoisotopic (exact) mass is 294 g/mol. The van der Waals surface area contributed by atoms with Crippen molar-refractivity contribution in [2.75, 3.05) is 44.9 Å². The van der Waals surface area contributed by atoms with E-state index in [1.807, 2.05) is 11.4 Å². The number of anilines is 2. The summed E-state index contributed by atoms with van der Waals surface area (Å²) in [6.45, 7) is 1.13. The summed E-state index contributed by atoms with van der Waals surface area (Å²) in [6, 6.07) is 1.88. The number of nitrogens with zero attached hydrogens (tertiary/aromatic N) is 3. The van der Waals surface area contributed by atoms with E-state index in [9.17, 15) is 4.79 Å². The van der Waals surface area contributed by atoms with Gasteiger partial charge in [0.05, 0.1) is 5.39 Å². The molecule has 3 N–H and O–H groups in total. The number of aromatic nitrogens is 2. The average Bonchev–Trinajstić information content (AvgIpc) is 2.91. The number of carbonyl (C=O) groups excluding carboxylic acids is 1. The molecule has 0 radical (unpaired) electrons. The number of nitrogens with one attached hydrogen (secondary N) is 3. The fourth-order valence-corrected chi connectivity index (χ4v) is 2.37. The summed E-state index contributed by atoms with van der Waals surface area (Å²) in [5, 5.41) is 11.9. The molecule has 7 nitrogen and oxygen atoms in total. The van der Waals surface area contributed by atoms with Crippen LogP contribution < -0.4 is 16.0 Å². The highest BCUT2D eigenvalue weighted by atomic mass is 32.1. The first-order valence-corrected chi connectivity index (χ1v) is 7.12. The van der Waals surface area contributed by atoms with Crippen molar-refractivity contribution in [2.24, 2.45) is 0 Å². The minimum atomic E-state index is -0.105. The fraction of sp³-hybridized carbons (Fsp3) is 0.417. The zero-order valence-corrected chi connectivity index (χ0v) is 12.5. The van der Waals surface area contributed by atoms with Crippen LogP contribution in [0.5, 0.6) is 0 Å². The van der Waals surface area contributed by atoms with E-state index in [4.69, 9.17) is 0 Å². The third-order valence-electron chi connectivity index (χ3n) is 2.65. The highest BCUT2D eigenvalue weighted by Crippen LogP contribution is 2.25. The van der Waals surface area contributed by atoms with Crippen molar-refractivity contribution in [3.8, 4) is 0 Å². The van der Waals surface area contributed by atoms with Crippen molar-refractivity contribution in [1.29, 1.82) is 0 Å². The number of fused-ring (bicyclic) bond motifs is 1. The topological polar surface area (TPSA) is 82.2 Å². The molecule has 0 atom stereocenters.